The van der Waals surface area contributed by atoms with Gasteiger partial charge in [-0.25, -0.2) is 13.1 Å². The minimum atomic E-state index is -3.46. The summed E-state index contributed by atoms with van der Waals surface area (Å²) < 4.78 is 32.5. The smallest absolute Gasteiger partial charge is 0.214 e. The Hall–Kier alpha value is -0.170. The zero-order valence-electron chi connectivity index (χ0n) is 13.8. The first kappa shape index (κ1) is 18.9. The maximum absolute atomic E-state index is 12.3. The van der Waals surface area contributed by atoms with Gasteiger partial charge in [0.05, 0.1) is 17.5 Å². The second kappa shape index (κ2) is 7.90. The molecule has 0 bridgehead atoms. The molecular weight excluding hydrogens is 290 g/mol. The lowest BCUT2D eigenvalue weighted by atomic mass is 9.80. The largest absolute Gasteiger partial charge is 0.388 e. The number of nitrogens with one attached hydrogen (secondary N) is 1. The van der Waals surface area contributed by atoms with Gasteiger partial charge in [0.25, 0.3) is 0 Å². The fourth-order valence-corrected chi connectivity index (χ4v) is 4.64. The minimum Gasteiger partial charge on any atom is -0.388 e. The Labute approximate surface area is 129 Å². The van der Waals surface area contributed by atoms with E-state index in [1.807, 2.05) is 13.8 Å². The second-order valence-corrected chi connectivity index (χ2v) is 8.57. The molecule has 0 aromatic rings. The van der Waals surface area contributed by atoms with Crippen molar-refractivity contribution in [3.05, 3.63) is 0 Å². The summed E-state index contributed by atoms with van der Waals surface area (Å²) in [7, 11) is -1.92. The van der Waals surface area contributed by atoms with Crippen molar-refractivity contribution in [1.82, 2.24) is 4.72 Å². The number of hydrogen-bond acceptors (Lipinski definition) is 4. The Morgan fingerprint density at radius 3 is 2.24 bits per heavy atom. The van der Waals surface area contributed by atoms with E-state index in [1.165, 1.54) is 0 Å². The predicted molar refractivity (Wildman–Crippen MR) is 84.7 cm³/mol. The maximum Gasteiger partial charge on any atom is 0.214 e. The first-order valence-corrected chi connectivity index (χ1v) is 9.59. The molecule has 6 heteroatoms. The highest BCUT2D eigenvalue weighted by Gasteiger charge is 2.37. The summed E-state index contributed by atoms with van der Waals surface area (Å²) in [6.07, 6.45) is 4.74. The fourth-order valence-electron chi connectivity index (χ4n) is 3.03. The highest BCUT2D eigenvalue weighted by Crippen LogP contribution is 2.31. The summed E-state index contributed by atoms with van der Waals surface area (Å²) in [5, 5.41) is 10.6. The van der Waals surface area contributed by atoms with Gasteiger partial charge in [0.2, 0.25) is 10.0 Å². The van der Waals surface area contributed by atoms with Gasteiger partial charge in [-0.3, -0.25) is 0 Å². The Morgan fingerprint density at radius 1 is 1.19 bits per heavy atom. The second-order valence-electron chi connectivity index (χ2n) is 6.77. The number of hydrogen-bond donors (Lipinski definition) is 2. The molecule has 0 aliphatic heterocycles. The Kier molecular flexibility index (Phi) is 7.10. The van der Waals surface area contributed by atoms with E-state index < -0.39 is 21.7 Å². The molecule has 1 rings (SSSR count). The van der Waals surface area contributed by atoms with Gasteiger partial charge in [0.1, 0.15) is 0 Å². The molecule has 0 aromatic carbocycles. The normalized spacial score (nSPS) is 22.2. The van der Waals surface area contributed by atoms with E-state index in [9.17, 15) is 13.5 Å². The van der Waals surface area contributed by atoms with Gasteiger partial charge in [-0.05, 0) is 32.1 Å². The highest BCUT2D eigenvalue weighted by atomic mass is 32.2. The molecule has 126 valence electrons. The zero-order chi connectivity index (χ0) is 16.1. The average molecular weight is 321 g/mol. The molecule has 2 unspecified atom stereocenters. The van der Waals surface area contributed by atoms with Crippen LogP contribution in [0.5, 0.6) is 0 Å². The molecule has 0 heterocycles. The van der Waals surface area contributed by atoms with Gasteiger partial charge >= 0.3 is 0 Å². The van der Waals surface area contributed by atoms with Gasteiger partial charge in [-0.1, -0.05) is 33.1 Å². The summed E-state index contributed by atoms with van der Waals surface area (Å²) in [4.78, 5) is 0. The maximum atomic E-state index is 12.3. The van der Waals surface area contributed by atoms with Crippen LogP contribution >= 0.6 is 0 Å². The molecule has 2 N–H and O–H groups in total. The SMILES string of the molecule is COC(CC(C)C)CS(=O)(=O)NC(C)C1(O)CCCCC1. The molecule has 0 radical (unpaired) electrons. The van der Waals surface area contributed by atoms with Gasteiger partial charge in [0.15, 0.2) is 0 Å². The highest BCUT2D eigenvalue weighted by molar-refractivity contribution is 7.89. The monoisotopic (exact) mass is 321 g/mol. The third kappa shape index (κ3) is 6.22. The average Bonchev–Trinajstić information content (AvgIpc) is 2.37. The molecule has 0 amide bonds. The quantitative estimate of drug-likeness (QED) is 0.717. The van der Waals surface area contributed by atoms with Gasteiger partial charge < -0.3 is 9.84 Å². The summed E-state index contributed by atoms with van der Waals surface area (Å²) >= 11 is 0. The van der Waals surface area contributed by atoms with Crippen LogP contribution in [0.1, 0.15) is 59.3 Å². The molecule has 0 aromatic heterocycles. The number of methoxy groups -OCH3 is 1. The van der Waals surface area contributed by atoms with Crippen LogP contribution in [0.4, 0.5) is 0 Å². The molecule has 0 spiro atoms. The molecule has 2 atom stereocenters. The first-order chi connectivity index (χ1) is 9.68. The van der Waals surface area contributed by atoms with Crippen LogP contribution in [-0.2, 0) is 14.8 Å². The van der Waals surface area contributed by atoms with Crippen LogP contribution in [0.25, 0.3) is 0 Å². The Morgan fingerprint density at radius 2 is 1.76 bits per heavy atom. The van der Waals surface area contributed by atoms with E-state index in [4.69, 9.17) is 4.74 Å². The van der Waals surface area contributed by atoms with E-state index in [2.05, 4.69) is 4.72 Å². The van der Waals surface area contributed by atoms with E-state index in [1.54, 1.807) is 14.0 Å². The fraction of sp³-hybridized carbons (Fsp3) is 1.00. The number of rotatable bonds is 8. The Bertz CT molecular complexity index is 402. The van der Waals surface area contributed by atoms with Gasteiger partial charge in [-0.15, -0.1) is 0 Å². The van der Waals surface area contributed by atoms with Crippen molar-refractivity contribution in [3.63, 3.8) is 0 Å². The van der Waals surface area contributed by atoms with Crippen LogP contribution in [0.2, 0.25) is 0 Å². The van der Waals surface area contributed by atoms with Gasteiger partial charge in [0, 0.05) is 13.2 Å². The van der Waals surface area contributed by atoms with Gasteiger partial charge in [-0.2, -0.15) is 0 Å². The van der Waals surface area contributed by atoms with Crippen LogP contribution in [0, 0.1) is 5.92 Å². The van der Waals surface area contributed by atoms with E-state index >= 15 is 0 Å². The van der Waals surface area contributed by atoms with Crippen LogP contribution in [0.15, 0.2) is 0 Å². The number of sulfonamides is 1. The lowest BCUT2D eigenvalue weighted by Crippen LogP contribution is -2.53. The lowest BCUT2D eigenvalue weighted by molar-refractivity contribution is -0.0191. The topological polar surface area (TPSA) is 75.6 Å². The van der Waals surface area contributed by atoms with Crippen molar-refractivity contribution in [2.24, 2.45) is 5.92 Å². The Balaban J connectivity index is 2.61. The third-order valence-corrected chi connectivity index (χ3v) is 5.88. The number of ether oxygens (including phenoxy) is 1. The summed E-state index contributed by atoms with van der Waals surface area (Å²) in [6.45, 7) is 5.84. The van der Waals surface area contributed by atoms with E-state index in [-0.39, 0.29) is 11.9 Å². The van der Waals surface area contributed by atoms with Crippen LogP contribution in [0.3, 0.4) is 0 Å². The predicted octanol–water partition coefficient (Wildman–Crippen LogP) is 2.05. The summed E-state index contributed by atoms with van der Waals surface area (Å²) in [5.74, 6) is 0.326. The van der Waals surface area contributed by atoms with Crippen LogP contribution in [-0.4, -0.2) is 44.1 Å². The van der Waals surface area contributed by atoms with Crippen molar-refractivity contribution in [3.8, 4) is 0 Å². The third-order valence-electron chi connectivity index (χ3n) is 4.35. The minimum absolute atomic E-state index is 0.0535. The van der Waals surface area contributed by atoms with Crippen molar-refractivity contribution in [1.29, 1.82) is 0 Å². The van der Waals surface area contributed by atoms with Crippen molar-refractivity contribution < 1.29 is 18.3 Å². The van der Waals surface area contributed by atoms with Crippen molar-refractivity contribution in [2.45, 2.75) is 77.0 Å². The molecule has 1 saturated carbocycles. The number of aliphatic hydroxyl groups is 1. The van der Waals surface area contributed by atoms with E-state index in [0.717, 1.165) is 19.3 Å². The standard InChI is InChI=1S/C15H31NO4S/c1-12(2)10-14(20-4)11-21(18,19)16-13(3)15(17)8-6-5-7-9-15/h12-14,16-17H,5-11H2,1-4H3. The molecule has 21 heavy (non-hydrogen) atoms. The summed E-state index contributed by atoms with van der Waals surface area (Å²) in [5.41, 5.74) is -0.911. The molecule has 1 aliphatic carbocycles. The van der Waals surface area contributed by atoms with E-state index in [0.29, 0.717) is 25.2 Å². The molecule has 1 fully saturated rings. The molecule has 5 nitrogen and oxygen atoms in total. The lowest BCUT2D eigenvalue weighted by Gasteiger charge is -2.37. The molecule has 0 saturated heterocycles. The van der Waals surface area contributed by atoms with Crippen LogP contribution < -0.4 is 4.72 Å². The molecule has 1 aliphatic rings. The van der Waals surface area contributed by atoms with Crippen molar-refractivity contribution in [2.75, 3.05) is 12.9 Å². The zero-order valence-corrected chi connectivity index (χ0v) is 14.6. The summed E-state index contributed by atoms with van der Waals surface area (Å²) in [6, 6.07) is -0.459. The van der Waals surface area contributed by atoms with Crippen molar-refractivity contribution >= 4 is 10.0 Å². The molecular formula is C15H31NO4S. The first-order valence-electron chi connectivity index (χ1n) is 7.93.